The molecule has 4 heterocycles. The number of aromatic nitrogens is 3. The summed E-state index contributed by atoms with van der Waals surface area (Å²) in [5, 5.41) is 4.64. The van der Waals surface area contributed by atoms with Gasteiger partial charge in [-0.3, -0.25) is 4.79 Å². The molecule has 1 saturated heterocycles. The van der Waals surface area contributed by atoms with E-state index in [-0.39, 0.29) is 18.0 Å². The maximum Gasteiger partial charge on any atom is 0.223 e. The number of amides is 1. The molecular weight excluding hydrogens is 376 g/mol. The lowest BCUT2D eigenvalue weighted by Gasteiger charge is -2.36. The fourth-order valence-electron chi connectivity index (χ4n) is 5.22. The van der Waals surface area contributed by atoms with Gasteiger partial charge in [0.05, 0.1) is 24.5 Å². The molecule has 1 aromatic carbocycles. The van der Waals surface area contributed by atoms with E-state index in [4.69, 9.17) is 4.74 Å². The van der Waals surface area contributed by atoms with E-state index >= 15 is 0 Å². The number of hydrogen-bond donors (Lipinski definition) is 0. The molecule has 3 aromatic rings. The Morgan fingerprint density at radius 3 is 2.90 bits per heavy atom. The number of nitrogens with zero attached hydrogens (tertiary/aromatic N) is 4. The van der Waals surface area contributed by atoms with Crippen molar-refractivity contribution < 1.29 is 9.53 Å². The zero-order valence-corrected chi connectivity index (χ0v) is 17.9. The second-order valence-corrected chi connectivity index (χ2v) is 8.61. The van der Waals surface area contributed by atoms with Crippen molar-refractivity contribution in [2.45, 2.75) is 64.5 Å². The Labute approximate surface area is 176 Å². The molecule has 1 fully saturated rings. The molecule has 2 aliphatic heterocycles. The second-order valence-electron chi connectivity index (χ2n) is 8.61. The van der Waals surface area contributed by atoms with Crippen molar-refractivity contribution >= 4 is 11.6 Å². The molecule has 0 aliphatic carbocycles. The van der Waals surface area contributed by atoms with Crippen molar-refractivity contribution in [1.82, 2.24) is 19.5 Å². The number of carbonyl (C=O) groups excluding carboxylic acids is 1. The first-order chi connectivity index (χ1) is 14.5. The molecule has 2 aliphatic rings. The molecule has 0 unspecified atom stereocenters. The Morgan fingerprint density at radius 1 is 1.23 bits per heavy atom. The van der Waals surface area contributed by atoms with Crippen molar-refractivity contribution in [1.29, 1.82) is 0 Å². The molecule has 0 saturated carbocycles. The maximum atomic E-state index is 13.2. The molecule has 0 radical (unpaired) electrons. The van der Waals surface area contributed by atoms with Gasteiger partial charge in [-0.05, 0) is 62.8 Å². The summed E-state index contributed by atoms with van der Waals surface area (Å²) in [5.74, 6) is 1.15. The van der Waals surface area contributed by atoms with Crippen LogP contribution >= 0.6 is 0 Å². The van der Waals surface area contributed by atoms with Crippen LogP contribution in [-0.4, -0.2) is 38.6 Å². The minimum absolute atomic E-state index is 0.148. The lowest BCUT2D eigenvalue weighted by molar-refractivity contribution is -0.134. The van der Waals surface area contributed by atoms with E-state index < -0.39 is 0 Å². The van der Waals surface area contributed by atoms with Gasteiger partial charge < -0.3 is 9.64 Å². The van der Waals surface area contributed by atoms with Crippen LogP contribution in [0.15, 0.2) is 30.5 Å². The Balaban J connectivity index is 1.30. The molecule has 0 spiro atoms. The molecule has 30 heavy (non-hydrogen) atoms. The van der Waals surface area contributed by atoms with Crippen LogP contribution in [-0.2, 0) is 17.6 Å². The average molecular weight is 405 g/mol. The Kier molecular flexibility index (Phi) is 4.72. The number of benzene rings is 1. The summed E-state index contributed by atoms with van der Waals surface area (Å²) in [5.41, 5.74) is 6.81. The monoisotopic (exact) mass is 404 g/mol. The van der Waals surface area contributed by atoms with Crippen molar-refractivity contribution in [2.24, 2.45) is 0 Å². The van der Waals surface area contributed by atoms with Gasteiger partial charge in [-0.1, -0.05) is 6.07 Å². The number of rotatable bonds is 5. The van der Waals surface area contributed by atoms with Gasteiger partial charge >= 0.3 is 0 Å². The standard InChI is InChI=1S/C24H28N4O2/c1-15-11-19(30-3)9-7-17(15)5-4-6-24(29)27-18-8-10-21(27)20-14-25-23-12-16(2)26-28(23)22(20)13-18/h7,9,11-12,14,18,21H,4-6,8,10,13H2,1-3H3/t18-,21-/m0/s1. The lowest BCUT2D eigenvalue weighted by Crippen LogP contribution is -2.42. The van der Waals surface area contributed by atoms with E-state index in [9.17, 15) is 4.79 Å². The summed E-state index contributed by atoms with van der Waals surface area (Å²) in [7, 11) is 1.69. The van der Waals surface area contributed by atoms with Gasteiger partial charge in [-0.15, -0.1) is 0 Å². The normalized spacial score (nSPS) is 19.9. The first-order valence-electron chi connectivity index (χ1n) is 10.8. The molecule has 156 valence electrons. The van der Waals surface area contributed by atoms with E-state index in [0.29, 0.717) is 6.42 Å². The van der Waals surface area contributed by atoms with Crippen molar-refractivity contribution in [3.05, 3.63) is 58.5 Å². The molecule has 6 heteroatoms. The smallest absolute Gasteiger partial charge is 0.223 e. The lowest BCUT2D eigenvalue weighted by atomic mass is 9.97. The Hall–Kier alpha value is -2.89. The molecule has 2 atom stereocenters. The summed E-state index contributed by atoms with van der Waals surface area (Å²) in [6.07, 6.45) is 7.29. The minimum atomic E-state index is 0.148. The highest BCUT2D eigenvalue weighted by Gasteiger charge is 2.43. The Morgan fingerprint density at radius 2 is 2.10 bits per heavy atom. The van der Waals surface area contributed by atoms with Gasteiger partial charge in [0.2, 0.25) is 5.91 Å². The number of carbonyl (C=O) groups is 1. The van der Waals surface area contributed by atoms with Crippen LogP contribution in [0, 0.1) is 13.8 Å². The van der Waals surface area contributed by atoms with Gasteiger partial charge in [0, 0.05) is 36.7 Å². The highest BCUT2D eigenvalue weighted by atomic mass is 16.5. The largest absolute Gasteiger partial charge is 0.497 e. The van der Waals surface area contributed by atoms with Gasteiger partial charge in [-0.25, -0.2) is 9.50 Å². The van der Waals surface area contributed by atoms with E-state index in [1.165, 1.54) is 22.4 Å². The third-order valence-electron chi connectivity index (χ3n) is 6.70. The highest BCUT2D eigenvalue weighted by Crippen LogP contribution is 2.43. The van der Waals surface area contributed by atoms with Crippen LogP contribution < -0.4 is 4.74 Å². The zero-order valence-electron chi connectivity index (χ0n) is 17.9. The van der Waals surface area contributed by atoms with Crippen LogP contribution in [0.2, 0.25) is 0 Å². The SMILES string of the molecule is COc1ccc(CCCC(=O)N2[C@H]3CC[C@H]2c2cnc4cc(C)nn4c2C3)c(C)c1. The van der Waals surface area contributed by atoms with Gasteiger partial charge in [-0.2, -0.15) is 5.10 Å². The zero-order chi connectivity index (χ0) is 20.8. The Bertz CT molecular complexity index is 1120. The molecule has 5 rings (SSSR count). The molecule has 6 nitrogen and oxygen atoms in total. The number of hydrogen-bond acceptors (Lipinski definition) is 4. The van der Waals surface area contributed by atoms with Crippen molar-refractivity contribution in [3.63, 3.8) is 0 Å². The average Bonchev–Trinajstić information content (AvgIpc) is 3.27. The van der Waals surface area contributed by atoms with Crippen molar-refractivity contribution in [3.8, 4) is 5.75 Å². The van der Waals surface area contributed by atoms with E-state index in [1.807, 2.05) is 29.8 Å². The number of fused-ring (bicyclic) bond motifs is 6. The summed E-state index contributed by atoms with van der Waals surface area (Å²) in [6, 6.07) is 8.62. The predicted molar refractivity (Wildman–Crippen MR) is 115 cm³/mol. The molecule has 1 amide bonds. The minimum Gasteiger partial charge on any atom is -0.497 e. The van der Waals surface area contributed by atoms with Crippen LogP contribution in [0.4, 0.5) is 0 Å². The van der Waals surface area contributed by atoms with Crippen LogP contribution in [0.1, 0.15) is 59.8 Å². The van der Waals surface area contributed by atoms with Gasteiger partial charge in [0.25, 0.3) is 0 Å². The molecule has 2 bridgehead atoms. The topological polar surface area (TPSA) is 59.7 Å². The first-order valence-corrected chi connectivity index (χ1v) is 10.8. The van der Waals surface area contributed by atoms with Crippen LogP contribution in [0.25, 0.3) is 5.65 Å². The highest BCUT2D eigenvalue weighted by molar-refractivity contribution is 5.78. The third kappa shape index (κ3) is 3.15. The van der Waals surface area contributed by atoms with Gasteiger partial charge in [0.1, 0.15) is 5.75 Å². The number of methoxy groups -OCH3 is 1. The molecular formula is C24H28N4O2. The maximum absolute atomic E-state index is 13.2. The van der Waals surface area contributed by atoms with Crippen LogP contribution in [0.5, 0.6) is 5.75 Å². The van der Waals surface area contributed by atoms with Gasteiger partial charge in [0.15, 0.2) is 5.65 Å². The molecule has 0 N–H and O–H groups in total. The third-order valence-corrected chi connectivity index (χ3v) is 6.70. The predicted octanol–water partition coefficient (Wildman–Crippen LogP) is 3.97. The summed E-state index contributed by atoms with van der Waals surface area (Å²) in [4.78, 5) is 19.9. The summed E-state index contributed by atoms with van der Waals surface area (Å²) in [6.45, 7) is 4.10. The first kappa shape index (κ1) is 19.1. The quantitative estimate of drug-likeness (QED) is 0.646. The summed E-state index contributed by atoms with van der Waals surface area (Å²) >= 11 is 0. The second kappa shape index (κ2) is 7.42. The van der Waals surface area contributed by atoms with E-state index in [1.54, 1.807) is 7.11 Å². The fraction of sp³-hybridized carbons (Fsp3) is 0.458. The number of aryl methyl sites for hydroxylation is 3. The molecule has 2 aromatic heterocycles. The van der Waals surface area contributed by atoms with E-state index in [2.05, 4.69) is 34.0 Å². The summed E-state index contributed by atoms with van der Waals surface area (Å²) < 4.78 is 7.28. The van der Waals surface area contributed by atoms with Crippen molar-refractivity contribution in [2.75, 3.05) is 7.11 Å². The fourth-order valence-corrected chi connectivity index (χ4v) is 5.22. The number of ether oxygens (including phenoxy) is 1. The van der Waals surface area contributed by atoms with E-state index in [0.717, 1.165) is 49.2 Å². The van der Waals surface area contributed by atoms with Crippen LogP contribution in [0.3, 0.4) is 0 Å².